The summed E-state index contributed by atoms with van der Waals surface area (Å²) in [6, 6.07) is -7.26. The van der Waals surface area contributed by atoms with E-state index in [-0.39, 0.29) is 0 Å². The van der Waals surface area contributed by atoms with Crippen LogP contribution in [0, 0.1) is 0 Å². The molecule has 12 N–H and O–H groups in total. The molecule has 0 bridgehead atoms. The number of aliphatic hydroxyl groups is 1. The number of urea groups is 1. The molecule has 0 radical (unpaired) electrons. The number of aliphatic hydroxyl groups excluding tert-OH is 1. The third kappa shape index (κ3) is 11.3. The number of carbonyl (C=O) groups is 7. The lowest BCUT2D eigenvalue weighted by molar-refractivity contribution is -0.144. The summed E-state index contributed by atoms with van der Waals surface area (Å²) < 4.78 is 0. The van der Waals surface area contributed by atoms with Gasteiger partial charge in [-0.05, 0) is 13.8 Å². The van der Waals surface area contributed by atoms with Crippen LogP contribution in [0.1, 0.15) is 26.7 Å². The fraction of sp³-hybridized carbons (Fsp3) is 0.562. The summed E-state index contributed by atoms with van der Waals surface area (Å²) in [6.45, 7) is 2.30. The van der Waals surface area contributed by atoms with E-state index in [4.69, 9.17) is 21.7 Å². The summed E-state index contributed by atoms with van der Waals surface area (Å²) in [4.78, 5) is 80.4. The summed E-state index contributed by atoms with van der Waals surface area (Å²) >= 11 is 0. The molecule has 6 amide bonds. The summed E-state index contributed by atoms with van der Waals surface area (Å²) in [5.41, 5.74) is 14.0. The zero-order chi connectivity index (χ0) is 25.9. The van der Waals surface area contributed by atoms with Gasteiger partial charge in [0.2, 0.25) is 11.8 Å². The fourth-order valence-corrected chi connectivity index (χ4v) is 2.12. The van der Waals surface area contributed by atoms with Crippen molar-refractivity contribution >= 4 is 41.6 Å². The predicted molar refractivity (Wildman–Crippen MR) is 106 cm³/mol. The van der Waals surface area contributed by atoms with Crippen molar-refractivity contribution in [3.05, 3.63) is 0 Å². The van der Waals surface area contributed by atoms with Gasteiger partial charge < -0.3 is 42.7 Å². The maximum absolute atomic E-state index is 12.2. The van der Waals surface area contributed by atoms with Crippen LogP contribution in [0.15, 0.2) is 0 Å². The Morgan fingerprint density at radius 3 is 1.82 bits per heavy atom. The SMILES string of the molecule is CC(O)[C@H](NC(=O)N[C@@H](C)C(=O)NNC(=O)[C@@H](N)CC(=O)O)C(=O)N[C@@H](CC(N)=O)C(=O)O. The first-order valence-electron chi connectivity index (χ1n) is 9.29. The molecule has 0 aliphatic heterocycles. The third-order valence-electron chi connectivity index (χ3n) is 3.85. The zero-order valence-electron chi connectivity index (χ0n) is 17.7. The number of hydrogen-bond acceptors (Lipinski definition) is 9. The average molecular weight is 477 g/mol. The number of carboxylic acids is 2. The van der Waals surface area contributed by atoms with Crippen LogP contribution in [0.4, 0.5) is 4.79 Å². The summed E-state index contributed by atoms with van der Waals surface area (Å²) in [7, 11) is 0. The Balaban J connectivity index is 4.88. The first-order chi connectivity index (χ1) is 15.1. The van der Waals surface area contributed by atoms with E-state index < -0.39 is 84.7 Å². The second kappa shape index (κ2) is 13.4. The van der Waals surface area contributed by atoms with E-state index in [0.717, 1.165) is 6.92 Å². The topological polar surface area (TPSA) is 292 Å². The molecule has 1 unspecified atom stereocenters. The second-order valence-electron chi connectivity index (χ2n) is 6.81. The van der Waals surface area contributed by atoms with Gasteiger partial charge in [0, 0.05) is 0 Å². The molecule has 5 atom stereocenters. The van der Waals surface area contributed by atoms with E-state index in [9.17, 15) is 38.7 Å². The highest BCUT2D eigenvalue weighted by molar-refractivity contribution is 5.94. The molecule has 33 heavy (non-hydrogen) atoms. The molecule has 17 nitrogen and oxygen atoms in total. The van der Waals surface area contributed by atoms with Gasteiger partial charge in [0.1, 0.15) is 18.1 Å². The number of nitrogens with one attached hydrogen (secondary N) is 5. The number of primary amides is 1. The van der Waals surface area contributed by atoms with E-state index in [1.165, 1.54) is 6.92 Å². The summed E-state index contributed by atoms with van der Waals surface area (Å²) in [5.74, 6) is -7.03. The number of carbonyl (C=O) groups excluding carboxylic acids is 5. The molecule has 0 spiro atoms. The van der Waals surface area contributed by atoms with Crippen molar-refractivity contribution < 1.29 is 48.9 Å². The van der Waals surface area contributed by atoms with Crippen molar-refractivity contribution in [2.45, 2.75) is 57.0 Å². The second-order valence-corrected chi connectivity index (χ2v) is 6.81. The van der Waals surface area contributed by atoms with E-state index in [2.05, 4.69) is 5.32 Å². The highest BCUT2D eigenvalue weighted by atomic mass is 16.4. The molecule has 17 heteroatoms. The highest BCUT2D eigenvalue weighted by Gasteiger charge is 2.31. The molecular formula is C16H27N7O10. The molecule has 0 aliphatic rings. The van der Waals surface area contributed by atoms with Crippen molar-refractivity contribution in [1.82, 2.24) is 26.8 Å². The Kier molecular flexibility index (Phi) is 11.8. The Morgan fingerprint density at radius 2 is 1.36 bits per heavy atom. The molecule has 0 aliphatic carbocycles. The third-order valence-corrected chi connectivity index (χ3v) is 3.85. The van der Waals surface area contributed by atoms with Crippen LogP contribution >= 0.6 is 0 Å². The van der Waals surface area contributed by atoms with Crippen LogP contribution in [0.5, 0.6) is 0 Å². The molecule has 0 aromatic heterocycles. The quantitative estimate of drug-likeness (QED) is 0.118. The van der Waals surface area contributed by atoms with Gasteiger partial charge in [-0.1, -0.05) is 0 Å². The number of hydrazine groups is 1. The maximum Gasteiger partial charge on any atom is 0.326 e. The average Bonchev–Trinajstić information content (AvgIpc) is 2.67. The van der Waals surface area contributed by atoms with Gasteiger partial charge in [-0.15, -0.1) is 0 Å². The summed E-state index contributed by atoms with van der Waals surface area (Å²) in [6.07, 6.45) is -2.94. The smallest absolute Gasteiger partial charge is 0.326 e. The number of rotatable bonds is 12. The van der Waals surface area contributed by atoms with Crippen molar-refractivity contribution in [1.29, 1.82) is 0 Å². The van der Waals surface area contributed by atoms with Crippen molar-refractivity contribution in [2.24, 2.45) is 11.5 Å². The molecule has 0 heterocycles. The van der Waals surface area contributed by atoms with Gasteiger partial charge in [-0.25, -0.2) is 9.59 Å². The van der Waals surface area contributed by atoms with Crippen LogP contribution in [0.25, 0.3) is 0 Å². The fourth-order valence-electron chi connectivity index (χ4n) is 2.12. The number of carboxylic acid groups (broad SMARTS) is 2. The molecule has 186 valence electrons. The van der Waals surface area contributed by atoms with Gasteiger partial charge in [0.15, 0.2) is 0 Å². The van der Waals surface area contributed by atoms with Crippen LogP contribution in [0.2, 0.25) is 0 Å². The predicted octanol–water partition coefficient (Wildman–Crippen LogP) is -5.18. The van der Waals surface area contributed by atoms with Crippen LogP contribution < -0.4 is 38.3 Å². The number of nitrogens with two attached hydrogens (primary N) is 2. The normalized spacial score (nSPS) is 14.9. The Morgan fingerprint density at radius 1 is 0.818 bits per heavy atom. The Bertz CT molecular complexity index is 788. The van der Waals surface area contributed by atoms with E-state index >= 15 is 0 Å². The number of aliphatic carboxylic acids is 2. The molecule has 0 fully saturated rings. The zero-order valence-corrected chi connectivity index (χ0v) is 17.7. The first-order valence-corrected chi connectivity index (χ1v) is 9.29. The van der Waals surface area contributed by atoms with E-state index in [0.29, 0.717) is 0 Å². The molecule has 0 aromatic rings. The van der Waals surface area contributed by atoms with Gasteiger partial charge in [0.25, 0.3) is 11.8 Å². The number of hydrogen-bond donors (Lipinski definition) is 10. The van der Waals surface area contributed by atoms with Crippen LogP contribution in [-0.2, 0) is 28.8 Å². The van der Waals surface area contributed by atoms with Gasteiger partial charge in [0.05, 0.1) is 25.0 Å². The maximum atomic E-state index is 12.2. The van der Waals surface area contributed by atoms with Crippen molar-refractivity contribution in [3.8, 4) is 0 Å². The molecule has 0 saturated heterocycles. The molecular weight excluding hydrogens is 450 g/mol. The largest absolute Gasteiger partial charge is 0.481 e. The Labute approximate surface area is 186 Å². The minimum absolute atomic E-state index is 0.692. The van der Waals surface area contributed by atoms with Crippen molar-refractivity contribution in [2.75, 3.05) is 0 Å². The van der Waals surface area contributed by atoms with Gasteiger partial charge in [-0.3, -0.25) is 34.8 Å². The molecule has 0 aromatic carbocycles. The van der Waals surface area contributed by atoms with E-state index in [1.54, 1.807) is 0 Å². The number of amides is 6. The highest BCUT2D eigenvalue weighted by Crippen LogP contribution is 1.98. The monoisotopic (exact) mass is 477 g/mol. The van der Waals surface area contributed by atoms with Gasteiger partial charge >= 0.3 is 18.0 Å². The van der Waals surface area contributed by atoms with Crippen LogP contribution in [0.3, 0.4) is 0 Å². The molecule has 0 saturated carbocycles. The lowest BCUT2D eigenvalue weighted by atomic mass is 10.1. The van der Waals surface area contributed by atoms with E-state index in [1.807, 2.05) is 21.5 Å². The minimum atomic E-state index is -1.71. The van der Waals surface area contributed by atoms with Crippen molar-refractivity contribution in [3.63, 3.8) is 0 Å². The molecule has 0 rings (SSSR count). The van der Waals surface area contributed by atoms with Crippen LogP contribution in [-0.4, -0.2) is 87.2 Å². The minimum Gasteiger partial charge on any atom is -0.481 e. The summed E-state index contributed by atoms with van der Waals surface area (Å²) in [5, 5.41) is 33.4. The Hall–Kier alpha value is -3.99. The first kappa shape index (κ1) is 29.0. The lowest BCUT2D eigenvalue weighted by Crippen LogP contribution is -2.60. The standard InChI is InChI=1S/C16H27N7O10/c1-5(12(28)22-23-13(29)7(17)3-10(26)27)19-16(33)21-11(6(2)24)14(30)20-8(15(31)32)4-9(18)25/h5-8,11,24H,3-4,17H2,1-2H3,(H2,18,25)(H,20,30)(H,22,28)(H,23,29)(H,26,27)(H,31,32)(H2,19,21,33)/t5-,6?,7-,8-,11-/m0/s1. The lowest BCUT2D eigenvalue weighted by Gasteiger charge is -2.24. The van der Waals surface area contributed by atoms with Gasteiger partial charge in [-0.2, -0.15) is 0 Å².